The van der Waals surface area contributed by atoms with Crippen molar-refractivity contribution in [3.8, 4) is 0 Å². The zero-order valence-electron chi connectivity index (χ0n) is 11.9. The van der Waals surface area contributed by atoms with Crippen molar-refractivity contribution in [3.63, 3.8) is 0 Å². The molecule has 3 rings (SSSR count). The molecule has 20 heavy (non-hydrogen) atoms. The molecule has 0 atom stereocenters. The van der Waals surface area contributed by atoms with Crippen LogP contribution in [-0.4, -0.2) is 42.2 Å². The summed E-state index contributed by atoms with van der Waals surface area (Å²) in [6.45, 7) is 4.57. The Morgan fingerprint density at radius 2 is 1.80 bits per heavy atom. The highest BCUT2D eigenvalue weighted by Gasteiger charge is 2.26. The summed E-state index contributed by atoms with van der Waals surface area (Å²) in [6.07, 6.45) is 5.60. The van der Waals surface area contributed by atoms with Crippen LogP contribution in [-0.2, 0) is 6.61 Å². The molecule has 3 nitrogen and oxygen atoms in total. The van der Waals surface area contributed by atoms with Crippen molar-refractivity contribution in [2.75, 3.05) is 31.1 Å². The molecule has 1 aromatic carbocycles. The van der Waals surface area contributed by atoms with Crippen LogP contribution in [0.4, 0.5) is 5.69 Å². The monoisotopic (exact) mass is 338 g/mol. The maximum atomic E-state index is 9.54. The molecule has 0 radical (unpaired) electrons. The van der Waals surface area contributed by atoms with E-state index in [1.807, 2.05) is 6.07 Å². The number of aliphatic hydroxyl groups excluding tert-OH is 1. The van der Waals surface area contributed by atoms with Gasteiger partial charge in [-0.15, -0.1) is 0 Å². The topological polar surface area (TPSA) is 26.7 Å². The maximum Gasteiger partial charge on any atom is 0.0702 e. The Morgan fingerprint density at radius 3 is 2.45 bits per heavy atom. The fraction of sp³-hybridized carbons (Fsp3) is 0.625. The summed E-state index contributed by atoms with van der Waals surface area (Å²) in [5.41, 5.74) is 2.22. The Balaban J connectivity index is 1.65. The molecule has 2 aliphatic rings. The summed E-state index contributed by atoms with van der Waals surface area (Å²) in [6, 6.07) is 7.05. The van der Waals surface area contributed by atoms with Crippen LogP contribution in [0.25, 0.3) is 0 Å². The van der Waals surface area contributed by atoms with E-state index in [-0.39, 0.29) is 6.61 Å². The van der Waals surface area contributed by atoms with Crippen molar-refractivity contribution in [3.05, 3.63) is 28.2 Å². The standard InChI is InChI=1S/C16H23BrN2O/c17-14-5-6-16(13(11-14)12-20)19-9-7-18(8-10-19)15-3-1-2-4-15/h5-6,11,15,20H,1-4,7-10,12H2. The summed E-state index contributed by atoms with van der Waals surface area (Å²) < 4.78 is 1.04. The normalized spacial score (nSPS) is 21.6. The van der Waals surface area contributed by atoms with Gasteiger partial charge in [0.15, 0.2) is 0 Å². The third kappa shape index (κ3) is 3.02. The second-order valence-electron chi connectivity index (χ2n) is 5.89. The molecule has 1 N–H and O–H groups in total. The Morgan fingerprint density at radius 1 is 1.10 bits per heavy atom. The van der Waals surface area contributed by atoms with E-state index < -0.39 is 0 Å². The van der Waals surface area contributed by atoms with Crippen LogP contribution < -0.4 is 4.90 Å². The molecule has 0 spiro atoms. The SMILES string of the molecule is OCc1cc(Br)ccc1N1CCN(C2CCCC2)CC1. The van der Waals surface area contributed by atoms with Gasteiger partial charge < -0.3 is 10.0 Å². The van der Waals surface area contributed by atoms with Crippen LogP contribution in [0.15, 0.2) is 22.7 Å². The fourth-order valence-electron chi connectivity index (χ4n) is 3.59. The van der Waals surface area contributed by atoms with Crippen molar-refractivity contribution >= 4 is 21.6 Å². The smallest absolute Gasteiger partial charge is 0.0702 e. The number of aliphatic hydroxyl groups is 1. The predicted octanol–water partition coefficient (Wildman–Crippen LogP) is 3.01. The van der Waals surface area contributed by atoms with Gasteiger partial charge in [-0.3, -0.25) is 4.90 Å². The number of anilines is 1. The molecule has 1 aliphatic heterocycles. The summed E-state index contributed by atoms with van der Waals surface area (Å²) >= 11 is 3.48. The minimum atomic E-state index is 0.109. The minimum absolute atomic E-state index is 0.109. The van der Waals surface area contributed by atoms with Crippen LogP contribution in [0, 0.1) is 0 Å². The lowest BCUT2D eigenvalue weighted by atomic mass is 10.1. The van der Waals surface area contributed by atoms with Crippen molar-refractivity contribution < 1.29 is 5.11 Å². The van der Waals surface area contributed by atoms with E-state index in [1.54, 1.807) is 0 Å². The van der Waals surface area contributed by atoms with Gasteiger partial charge in [0, 0.05) is 47.9 Å². The molecule has 0 bridgehead atoms. The molecular formula is C16H23BrN2O. The molecule has 4 heteroatoms. The number of benzene rings is 1. The van der Waals surface area contributed by atoms with Gasteiger partial charge in [-0.1, -0.05) is 28.8 Å². The summed E-state index contributed by atoms with van der Waals surface area (Å²) in [4.78, 5) is 5.09. The maximum absolute atomic E-state index is 9.54. The number of piperazine rings is 1. The Bertz CT molecular complexity index is 452. The molecule has 1 aromatic rings. The Labute approximate surface area is 129 Å². The second kappa shape index (κ2) is 6.46. The third-order valence-electron chi connectivity index (χ3n) is 4.71. The first-order valence-corrected chi connectivity index (χ1v) is 8.45. The van der Waals surface area contributed by atoms with Gasteiger partial charge in [-0.2, -0.15) is 0 Å². The van der Waals surface area contributed by atoms with Gasteiger partial charge in [0.1, 0.15) is 0 Å². The third-order valence-corrected chi connectivity index (χ3v) is 5.20. The Hall–Kier alpha value is -0.580. The number of nitrogens with zero attached hydrogens (tertiary/aromatic N) is 2. The van der Waals surface area contributed by atoms with E-state index in [2.05, 4.69) is 37.9 Å². The van der Waals surface area contributed by atoms with Crippen LogP contribution in [0.1, 0.15) is 31.2 Å². The molecule has 0 amide bonds. The van der Waals surface area contributed by atoms with Crippen molar-refractivity contribution in [1.29, 1.82) is 0 Å². The molecule has 2 fully saturated rings. The highest BCUT2D eigenvalue weighted by atomic mass is 79.9. The molecular weight excluding hydrogens is 316 g/mol. The van der Waals surface area contributed by atoms with E-state index in [9.17, 15) is 5.11 Å². The van der Waals surface area contributed by atoms with E-state index in [0.717, 1.165) is 42.3 Å². The average molecular weight is 339 g/mol. The first-order chi connectivity index (χ1) is 9.78. The minimum Gasteiger partial charge on any atom is -0.392 e. The highest BCUT2D eigenvalue weighted by molar-refractivity contribution is 9.10. The molecule has 0 unspecified atom stereocenters. The molecule has 0 aromatic heterocycles. The van der Waals surface area contributed by atoms with Crippen LogP contribution in [0.2, 0.25) is 0 Å². The molecule has 1 aliphatic carbocycles. The summed E-state index contributed by atoms with van der Waals surface area (Å²) in [7, 11) is 0. The lowest BCUT2D eigenvalue weighted by molar-refractivity contribution is 0.187. The lowest BCUT2D eigenvalue weighted by Gasteiger charge is -2.39. The highest BCUT2D eigenvalue weighted by Crippen LogP contribution is 2.28. The van der Waals surface area contributed by atoms with Crippen molar-refractivity contribution in [2.24, 2.45) is 0 Å². The lowest BCUT2D eigenvalue weighted by Crippen LogP contribution is -2.50. The molecule has 110 valence electrons. The number of hydrogen-bond acceptors (Lipinski definition) is 3. The molecule has 1 heterocycles. The predicted molar refractivity (Wildman–Crippen MR) is 86.1 cm³/mol. The van der Waals surface area contributed by atoms with Crippen molar-refractivity contribution in [2.45, 2.75) is 38.3 Å². The van der Waals surface area contributed by atoms with Gasteiger partial charge in [-0.05, 0) is 31.0 Å². The largest absolute Gasteiger partial charge is 0.392 e. The number of hydrogen-bond donors (Lipinski definition) is 1. The second-order valence-corrected chi connectivity index (χ2v) is 6.81. The van der Waals surface area contributed by atoms with Crippen molar-refractivity contribution in [1.82, 2.24) is 4.90 Å². The average Bonchev–Trinajstić information content (AvgIpc) is 3.01. The van der Waals surface area contributed by atoms with Gasteiger partial charge in [-0.25, -0.2) is 0 Å². The van der Waals surface area contributed by atoms with E-state index in [0.29, 0.717) is 0 Å². The fourth-order valence-corrected chi connectivity index (χ4v) is 4.00. The number of halogens is 1. The quantitative estimate of drug-likeness (QED) is 0.917. The van der Waals surface area contributed by atoms with E-state index in [4.69, 9.17) is 0 Å². The zero-order valence-corrected chi connectivity index (χ0v) is 13.5. The van der Waals surface area contributed by atoms with Crippen LogP contribution in [0.5, 0.6) is 0 Å². The van der Waals surface area contributed by atoms with Crippen LogP contribution in [0.3, 0.4) is 0 Å². The zero-order chi connectivity index (χ0) is 13.9. The first kappa shape index (κ1) is 14.4. The van der Waals surface area contributed by atoms with E-state index in [1.165, 1.54) is 31.4 Å². The molecule has 1 saturated carbocycles. The van der Waals surface area contributed by atoms with Crippen LogP contribution >= 0.6 is 15.9 Å². The first-order valence-electron chi connectivity index (χ1n) is 7.66. The molecule has 1 saturated heterocycles. The van der Waals surface area contributed by atoms with Gasteiger partial charge >= 0.3 is 0 Å². The summed E-state index contributed by atoms with van der Waals surface area (Å²) in [5.74, 6) is 0. The van der Waals surface area contributed by atoms with Gasteiger partial charge in [0.25, 0.3) is 0 Å². The Kier molecular flexibility index (Phi) is 4.64. The van der Waals surface area contributed by atoms with Gasteiger partial charge in [0.05, 0.1) is 6.61 Å². The van der Waals surface area contributed by atoms with E-state index >= 15 is 0 Å². The summed E-state index contributed by atoms with van der Waals surface area (Å²) in [5, 5.41) is 9.54. The number of rotatable bonds is 3. The van der Waals surface area contributed by atoms with Gasteiger partial charge in [0.2, 0.25) is 0 Å².